The fourth-order valence-electron chi connectivity index (χ4n) is 2.90. The zero-order valence-electron chi connectivity index (χ0n) is 16.2. The summed E-state index contributed by atoms with van der Waals surface area (Å²) in [6.07, 6.45) is 2.65. The van der Waals surface area contributed by atoms with E-state index in [1.807, 2.05) is 55.4 Å². The highest BCUT2D eigenvalue weighted by atomic mass is 35.5. The van der Waals surface area contributed by atoms with Crippen molar-refractivity contribution in [3.05, 3.63) is 59.1 Å². The van der Waals surface area contributed by atoms with E-state index >= 15 is 0 Å². The number of hydrazone groups is 1. The van der Waals surface area contributed by atoms with E-state index in [2.05, 4.69) is 10.0 Å². The van der Waals surface area contributed by atoms with Gasteiger partial charge in [0.1, 0.15) is 11.5 Å². The lowest BCUT2D eigenvalue weighted by atomic mass is 10.2. The second kappa shape index (κ2) is 9.57. The summed E-state index contributed by atoms with van der Waals surface area (Å²) < 4.78 is 5.83. The van der Waals surface area contributed by atoms with Crippen molar-refractivity contribution in [3.8, 4) is 11.5 Å². The number of urea groups is 1. The summed E-state index contributed by atoms with van der Waals surface area (Å²) in [6, 6.07) is 14.7. The minimum absolute atomic E-state index is 0.0384. The molecule has 0 atom stereocenters. The van der Waals surface area contributed by atoms with Gasteiger partial charge in [0.2, 0.25) is 0 Å². The number of ether oxygens (including phenoxy) is 1. The number of benzene rings is 2. The molecule has 0 aliphatic carbocycles. The lowest BCUT2D eigenvalue weighted by Crippen LogP contribution is -2.31. The van der Waals surface area contributed by atoms with Gasteiger partial charge in [-0.15, -0.1) is 0 Å². The maximum atomic E-state index is 12.4. The number of hydrogen-bond acceptors (Lipinski definition) is 4. The Kier molecular flexibility index (Phi) is 6.90. The number of carbonyl (C=O) groups excluding carboxylic acids is 1. The maximum absolute atomic E-state index is 12.4. The van der Waals surface area contributed by atoms with Crippen LogP contribution < -0.4 is 4.74 Å². The van der Waals surface area contributed by atoms with E-state index in [4.69, 9.17) is 16.3 Å². The summed E-state index contributed by atoms with van der Waals surface area (Å²) in [4.78, 5) is 16.4. The fourth-order valence-corrected chi connectivity index (χ4v) is 3.02. The van der Waals surface area contributed by atoms with Gasteiger partial charge in [-0.25, -0.2) is 9.80 Å². The predicted molar refractivity (Wildman–Crippen MR) is 112 cm³/mol. The van der Waals surface area contributed by atoms with Gasteiger partial charge in [-0.1, -0.05) is 23.7 Å². The van der Waals surface area contributed by atoms with Gasteiger partial charge in [-0.2, -0.15) is 5.10 Å². The first-order chi connectivity index (χ1) is 13.5. The van der Waals surface area contributed by atoms with Crippen molar-refractivity contribution in [1.82, 2.24) is 14.8 Å². The minimum Gasteiger partial charge on any atom is -0.457 e. The number of amides is 2. The molecule has 0 unspecified atom stereocenters. The first-order valence-electron chi connectivity index (χ1n) is 9.30. The number of hydrogen-bond donors (Lipinski definition) is 0. The highest BCUT2D eigenvalue weighted by molar-refractivity contribution is 6.30. The molecule has 0 radical (unpaired) electrons. The quantitative estimate of drug-likeness (QED) is 0.625. The van der Waals surface area contributed by atoms with Crippen LogP contribution in [0.15, 0.2) is 53.6 Å². The van der Waals surface area contributed by atoms with Gasteiger partial charge in [0.25, 0.3) is 0 Å². The first-order valence-corrected chi connectivity index (χ1v) is 9.68. The lowest BCUT2D eigenvalue weighted by molar-refractivity contribution is 0.192. The highest BCUT2D eigenvalue weighted by Gasteiger charge is 2.27. The Bertz CT molecular complexity index is 823. The molecule has 1 fully saturated rings. The molecule has 28 heavy (non-hydrogen) atoms. The topological polar surface area (TPSA) is 48.4 Å². The summed E-state index contributed by atoms with van der Waals surface area (Å²) in [5.41, 5.74) is 0.866. The third kappa shape index (κ3) is 5.71. The summed E-state index contributed by atoms with van der Waals surface area (Å²) in [6.45, 7) is 3.04. The molecule has 2 aromatic carbocycles. The van der Waals surface area contributed by atoms with Gasteiger partial charge in [-0.05, 0) is 69.0 Å². The van der Waals surface area contributed by atoms with Crippen LogP contribution in [0.1, 0.15) is 12.0 Å². The third-order valence-corrected chi connectivity index (χ3v) is 4.61. The molecule has 148 valence electrons. The highest BCUT2D eigenvalue weighted by Crippen LogP contribution is 2.23. The van der Waals surface area contributed by atoms with E-state index in [1.54, 1.807) is 18.3 Å². The third-order valence-electron chi connectivity index (χ3n) is 4.36. The van der Waals surface area contributed by atoms with Gasteiger partial charge in [0.05, 0.1) is 12.8 Å². The van der Waals surface area contributed by atoms with E-state index in [1.165, 1.54) is 5.01 Å². The molecule has 0 spiro atoms. The van der Waals surface area contributed by atoms with E-state index in [0.29, 0.717) is 29.6 Å². The number of nitrogens with zero attached hydrogens (tertiary/aromatic N) is 4. The molecule has 1 aliphatic heterocycles. The van der Waals surface area contributed by atoms with Crippen molar-refractivity contribution in [2.75, 3.05) is 40.3 Å². The van der Waals surface area contributed by atoms with Gasteiger partial charge >= 0.3 is 6.03 Å². The Hall–Kier alpha value is -2.57. The van der Waals surface area contributed by atoms with Crippen LogP contribution in [0, 0.1) is 0 Å². The standard InChI is InChI=1S/C21H25ClN4O2/c1-24(2)11-4-12-25-13-14-26(21(25)27)23-16-17-5-3-6-20(15-17)28-19-9-7-18(22)8-10-19/h3,5-10,15-16H,4,11-14H2,1-2H3/b23-16+. The Morgan fingerprint density at radius 2 is 1.93 bits per heavy atom. The van der Waals surface area contributed by atoms with Gasteiger partial charge in [0, 0.05) is 18.1 Å². The van der Waals surface area contributed by atoms with Crippen molar-refractivity contribution in [3.63, 3.8) is 0 Å². The Morgan fingerprint density at radius 1 is 1.14 bits per heavy atom. The predicted octanol–water partition coefficient (Wildman–Crippen LogP) is 4.16. The lowest BCUT2D eigenvalue weighted by Gasteiger charge is -2.17. The average molecular weight is 401 g/mol. The molecule has 1 heterocycles. The van der Waals surface area contributed by atoms with Crippen LogP contribution in [-0.2, 0) is 0 Å². The van der Waals surface area contributed by atoms with Crippen molar-refractivity contribution < 1.29 is 9.53 Å². The van der Waals surface area contributed by atoms with Gasteiger partial charge < -0.3 is 14.5 Å². The smallest absolute Gasteiger partial charge is 0.340 e. The van der Waals surface area contributed by atoms with Crippen LogP contribution in [0.2, 0.25) is 5.02 Å². The Balaban J connectivity index is 1.57. The molecular formula is C21H25ClN4O2. The van der Waals surface area contributed by atoms with Gasteiger partial charge in [0.15, 0.2) is 0 Å². The van der Waals surface area contributed by atoms with Crippen molar-refractivity contribution in [2.45, 2.75) is 6.42 Å². The summed E-state index contributed by atoms with van der Waals surface area (Å²) >= 11 is 5.90. The summed E-state index contributed by atoms with van der Waals surface area (Å²) in [5.74, 6) is 1.41. The summed E-state index contributed by atoms with van der Waals surface area (Å²) in [5, 5.41) is 6.54. The molecule has 2 amide bonds. The molecule has 0 N–H and O–H groups in total. The number of halogens is 1. The molecule has 3 rings (SSSR count). The van der Waals surface area contributed by atoms with E-state index < -0.39 is 0 Å². The fraction of sp³-hybridized carbons (Fsp3) is 0.333. The van der Waals surface area contributed by atoms with Crippen LogP contribution in [-0.4, -0.2) is 67.3 Å². The zero-order chi connectivity index (χ0) is 19.9. The van der Waals surface area contributed by atoms with Crippen LogP contribution in [0.5, 0.6) is 11.5 Å². The molecule has 7 heteroatoms. The second-order valence-electron chi connectivity index (χ2n) is 6.92. The second-order valence-corrected chi connectivity index (χ2v) is 7.36. The molecule has 0 aromatic heterocycles. The molecule has 1 saturated heterocycles. The first kappa shape index (κ1) is 20.2. The van der Waals surface area contributed by atoms with E-state index in [9.17, 15) is 4.79 Å². The van der Waals surface area contributed by atoms with Crippen LogP contribution in [0.3, 0.4) is 0 Å². The van der Waals surface area contributed by atoms with Gasteiger partial charge in [-0.3, -0.25) is 0 Å². The number of carbonyl (C=O) groups is 1. The Morgan fingerprint density at radius 3 is 2.68 bits per heavy atom. The maximum Gasteiger partial charge on any atom is 0.340 e. The van der Waals surface area contributed by atoms with Crippen LogP contribution in [0.25, 0.3) is 0 Å². The zero-order valence-corrected chi connectivity index (χ0v) is 17.0. The SMILES string of the molecule is CN(C)CCCN1CCN(/N=C/c2cccc(Oc3ccc(Cl)cc3)c2)C1=O. The van der Waals surface area contributed by atoms with E-state index in [0.717, 1.165) is 25.1 Å². The van der Waals surface area contributed by atoms with Crippen LogP contribution >= 0.6 is 11.6 Å². The molecule has 0 bridgehead atoms. The largest absolute Gasteiger partial charge is 0.457 e. The molecule has 2 aromatic rings. The summed E-state index contributed by atoms with van der Waals surface area (Å²) in [7, 11) is 4.07. The van der Waals surface area contributed by atoms with E-state index in [-0.39, 0.29) is 6.03 Å². The van der Waals surface area contributed by atoms with Crippen LogP contribution in [0.4, 0.5) is 4.79 Å². The minimum atomic E-state index is -0.0384. The number of rotatable bonds is 8. The average Bonchev–Trinajstić information content (AvgIpc) is 3.02. The van der Waals surface area contributed by atoms with Crippen molar-refractivity contribution >= 4 is 23.8 Å². The Labute approximate surface area is 170 Å². The monoisotopic (exact) mass is 400 g/mol. The van der Waals surface area contributed by atoms with Crippen molar-refractivity contribution in [1.29, 1.82) is 0 Å². The van der Waals surface area contributed by atoms with Crippen molar-refractivity contribution in [2.24, 2.45) is 5.10 Å². The molecular weight excluding hydrogens is 376 g/mol. The molecule has 6 nitrogen and oxygen atoms in total. The molecule has 0 saturated carbocycles. The normalized spacial score (nSPS) is 14.5. The molecule has 1 aliphatic rings.